The van der Waals surface area contributed by atoms with Crippen molar-refractivity contribution in [2.24, 2.45) is 0 Å². The topological polar surface area (TPSA) is 192 Å². The Bertz CT molecular complexity index is 2390. The molecule has 1 aromatic rings. The van der Waals surface area contributed by atoms with Gasteiger partial charge in [0.1, 0.15) is 0 Å². The summed E-state index contributed by atoms with van der Waals surface area (Å²) in [6.45, 7) is 71.0. The fourth-order valence-corrected chi connectivity index (χ4v) is 9.29. The van der Waals surface area contributed by atoms with E-state index in [-0.39, 0.29) is 21.0 Å². The molecule has 13 N–H and O–H groups in total. The molecule has 0 amide bonds. The molecule has 0 radical (unpaired) electrons. The van der Waals surface area contributed by atoms with Crippen molar-refractivity contribution in [2.45, 2.75) is 354 Å². The monoisotopic (exact) mass is 1730 g/mol. The second kappa shape index (κ2) is 140. The third-order valence-corrected chi connectivity index (χ3v) is 15.9. The molecule has 123 heavy (non-hydrogen) atoms. The van der Waals surface area contributed by atoms with Gasteiger partial charge in [-0.2, -0.15) is 0 Å². The zero-order valence-electron chi connectivity index (χ0n) is 84.7. The molecule has 4 saturated heterocycles. The molecule has 2 saturated carbocycles. The number of hydrogen-bond donors (Lipinski definition) is 13. The van der Waals surface area contributed by atoms with E-state index in [0.717, 1.165) is 116 Å². The summed E-state index contributed by atoms with van der Waals surface area (Å²) in [7, 11) is 3.75. The van der Waals surface area contributed by atoms with Crippen LogP contribution >= 0.6 is 0 Å². The van der Waals surface area contributed by atoms with E-state index >= 15 is 0 Å². The molecular weight excluding hydrogens is 1520 g/mol. The minimum Gasteiger partial charge on any atom is -0.394 e. The van der Waals surface area contributed by atoms with Gasteiger partial charge in [0.15, 0.2) is 0 Å². The molecule has 0 bridgehead atoms. The molecule has 7 rings (SSSR count). The Morgan fingerprint density at radius 1 is 0.382 bits per heavy atom. The second-order valence-corrected chi connectivity index (χ2v) is 27.4. The van der Waals surface area contributed by atoms with E-state index in [1.165, 1.54) is 102 Å². The first-order chi connectivity index (χ1) is 58.9. The van der Waals surface area contributed by atoms with Crippen LogP contribution in [0.2, 0.25) is 0 Å². The van der Waals surface area contributed by atoms with Gasteiger partial charge in [0.2, 0.25) is 0 Å². The van der Waals surface area contributed by atoms with Crippen molar-refractivity contribution in [1.29, 1.82) is 0 Å². The van der Waals surface area contributed by atoms with Crippen molar-refractivity contribution in [3.63, 3.8) is 0 Å². The highest BCUT2D eigenvalue weighted by Crippen LogP contribution is 2.21. The van der Waals surface area contributed by atoms with Crippen LogP contribution in [-0.4, -0.2) is 154 Å². The van der Waals surface area contributed by atoms with E-state index < -0.39 is 5.60 Å². The van der Waals surface area contributed by atoms with Crippen molar-refractivity contribution in [3.05, 3.63) is 232 Å². The summed E-state index contributed by atoms with van der Waals surface area (Å²) in [6.07, 6.45) is 85.3. The summed E-state index contributed by atoms with van der Waals surface area (Å²) in [5.74, 6) is 0. The summed E-state index contributed by atoms with van der Waals surface area (Å²) in [5.41, 5.74) is 0.836. The van der Waals surface area contributed by atoms with Gasteiger partial charge in [-0.05, 0) is 347 Å². The number of likely N-dealkylation sites (tertiary alicyclic amines) is 3. The summed E-state index contributed by atoms with van der Waals surface area (Å²) in [5, 5.41) is 52.7. The van der Waals surface area contributed by atoms with Gasteiger partial charge in [0.05, 0.1) is 17.8 Å². The van der Waals surface area contributed by atoms with Crippen LogP contribution in [0.4, 0.5) is 0 Å². The molecule has 17 nitrogen and oxygen atoms in total. The molecule has 726 valence electrons. The Kier molecular flexibility index (Phi) is 164. The third-order valence-electron chi connectivity index (χ3n) is 15.9. The van der Waals surface area contributed by atoms with Crippen molar-refractivity contribution in [1.82, 2.24) is 73.2 Å². The Morgan fingerprint density at radius 3 is 1.07 bits per heavy atom. The fraction of sp³-hybridized carbons (Fsp3) is 0.642. The van der Waals surface area contributed by atoms with E-state index in [1.807, 2.05) is 362 Å². The van der Waals surface area contributed by atoms with Crippen LogP contribution < -0.4 is 58.5 Å². The summed E-state index contributed by atoms with van der Waals surface area (Å²) >= 11 is 0. The van der Waals surface area contributed by atoms with E-state index in [4.69, 9.17) is 9.84 Å². The van der Waals surface area contributed by atoms with Crippen molar-refractivity contribution < 1.29 is 14.9 Å². The van der Waals surface area contributed by atoms with E-state index in [2.05, 4.69) is 145 Å². The summed E-state index contributed by atoms with van der Waals surface area (Å²) in [6, 6.07) is 12.0. The van der Waals surface area contributed by atoms with E-state index in [1.54, 1.807) is 0 Å². The first-order valence-electron chi connectivity index (χ1n) is 46.9. The second-order valence-electron chi connectivity index (χ2n) is 27.4. The lowest BCUT2D eigenvalue weighted by molar-refractivity contribution is -0.000487. The third kappa shape index (κ3) is 152. The van der Waals surface area contributed by atoms with Crippen LogP contribution in [0.5, 0.6) is 0 Å². The first-order valence-corrected chi connectivity index (χ1v) is 46.9. The Morgan fingerprint density at radius 2 is 0.756 bits per heavy atom. The van der Waals surface area contributed by atoms with Gasteiger partial charge in [-0.15, -0.1) is 0 Å². The maximum Gasteiger partial charge on any atom is 0.0794 e. The average Bonchev–Trinajstić information content (AvgIpc) is 1.72. The minimum absolute atomic E-state index is 0. The van der Waals surface area contributed by atoms with Gasteiger partial charge in [0.25, 0.3) is 0 Å². The predicted octanol–water partition coefficient (Wildman–Crippen LogP) is 25.7. The Balaban J connectivity index is -0.0000000958. The SMILES string of the molecule is C.C.CC.CC.CC=CC.CC=CC.CC=CN1CCC(O)CC1.CC=CN1CCCC(C)(O)C1.CC=CN1CCCCC1.CC=CNC.CC=CNC.CC=CNC1CC1.CC=CNC1CCC1.CC=CNCC.CC=CNCC.CC=CNCC.CC=CNCC1CCCO1.CC=CNCCC.CC=CNCCCC.CC=CNCc1ccccc1. The minimum atomic E-state index is -0.474. The summed E-state index contributed by atoms with van der Waals surface area (Å²) in [4.78, 5) is 6.81. The molecule has 0 spiro atoms. The van der Waals surface area contributed by atoms with E-state index in [9.17, 15) is 5.11 Å². The molecule has 4 heterocycles. The molecule has 6 fully saturated rings. The van der Waals surface area contributed by atoms with Gasteiger partial charge in [0, 0.05) is 118 Å². The predicted molar refractivity (Wildman–Crippen MR) is 566 cm³/mol. The number of β-amino-alcohol motifs (C(OH)–C–C–N with tert-alkyl or cyclic N) is 1. The number of aliphatic hydroxyl groups is 2. The number of hydrogen-bond acceptors (Lipinski definition) is 17. The van der Waals surface area contributed by atoms with Crippen LogP contribution in [0.1, 0.15) is 323 Å². The molecule has 2 atom stereocenters. The zero-order chi connectivity index (χ0) is 93.7. The zero-order valence-corrected chi connectivity index (χ0v) is 84.7. The Labute approximate surface area is 769 Å². The van der Waals surface area contributed by atoms with Crippen molar-refractivity contribution >= 4 is 0 Å². The molecule has 0 aromatic heterocycles. The highest BCUT2D eigenvalue weighted by Gasteiger charge is 2.26. The largest absolute Gasteiger partial charge is 0.394 e. The number of benzene rings is 1. The lowest BCUT2D eigenvalue weighted by Crippen LogP contribution is -2.43. The lowest BCUT2D eigenvalue weighted by Gasteiger charge is -2.36. The van der Waals surface area contributed by atoms with Crippen molar-refractivity contribution in [2.75, 3.05) is 99.2 Å². The molecular formula is C106H214N14O3. The smallest absolute Gasteiger partial charge is 0.0794 e. The number of ether oxygens (including phenoxy) is 1. The quantitative estimate of drug-likeness (QED) is 0.0280. The normalized spacial score (nSPS) is 16.0. The number of aliphatic hydroxyl groups excluding tert-OH is 1. The van der Waals surface area contributed by atoms with Crippen LogP contribution in [0, 0.1) is 0 Å². The molecule has 4 aliphatic heterocycles. The maximum absolute atomic E-state index is 9.70. The highest BCUT2D eigenvalue weighted by molar-refractivity contribution is 5.14. The first kappa shape index (κ1) is 144. The standard InChI is InChI=1S/C10H13N.C9H17NO.2C8H15NO.C8H15N.C7H13N.C7H15N.C6H11N.C6H13N.3C5H11N.2C4H9N.2C4H8.2C2H6.2CH4/c1-2-8-11-9-10-6-4-3-5-7-10;1-3-6-10-7-4-5-9(2,11)8-10;1-2-5-9-6-3-8(10)4-7-9;1-2-5-9-7-8-4-3-6-10-8;1-2-6-9-7-4-3-5-8-9;1-2-6-8-7-4-3-5-7;1-3-5-7-8-6-4-2;1-2-5-7-6-3-4-6;1-3-5-7-6-4-2;3*1-3-5-6-4-2;2*1-3-4-5-2;2*1-3-4-2;2*1-2;;/h2-8,11H,9H2,1H3;3,6,11H,4-5,7-8H2,1-2H3;2,5,8,10H,3-4,6-7H2,1H3;2,5,8-9H,3-4,6-7H2,1H3;2,6H,3-5,7-8H2,1H3;2,6-8H,3-5H2,1H3;4,6,8H,3,5,7H2,1-2H3;2,5-7H,3-4H2,1H3;3,5,7H,4,6H2,1-2H3;3*3,5-6H,4H2,1-2H3;2*3-5H,1-2H3;2*3-4H,1-2H3;2*1-2H3;2*1H4. The molecule has 6 aliphatic rings. The highest BCUT2D eigenvalue weighted by atomic mass is 16.5. The van der Waals surface area contributed by atoms with Gasteiger partial charge in [-0.1, -0.05) is 203 Å². The number of nitrogens with one attached hydrogen (secondary N) is 11. The van der Waals surface area contributed by atoms with E-state index in [0.29, 0.717) is 6.10 Å². The number of nitrogens with zero attached hydrogens (tertiary/aromatic N) is 3. The van der Waals surface area contributed by atoms with Crippen LogP contribution in [-0.2, 0) is 11.3 Å². The number of piperidine rings is 3. The number of rotatable bonds is 28. The number of allylic oxidation sites excluding steroid dienone is 18. The molecule has 17 heteroatoms. The summed E-state index contributed by atoms with van der Waals surface area (Å²) < 4.78 is 5.40. The van der Waals surface area contributed by atoms with Gasteiger partial charge >= 0.3 is 0 Å². The van der Waals surface area contributed by atoms with Crippen LogP contribution in [0.3, 0.4) is 0 Å². The van der Waals surface area contributed by atoms with Gasteiger partial charge < -0.3 is 88.1 Å². The molecule has 1 aromatic carbocycles. The van der Waals surface area contributed by atoms with Crippen LogP contribution in [0.15, 0.2) is 226 Å². The van der Waals surface area contributed by atoms with Gasteiger partial charge in [-0.3, -0.25) is 0 Å². The van der Waals surface area contributed by atoms with Gasteiger partial charge in [-0.25, -0.2) is 0 Å². The molecule has 2 unspecified atom stereocenters. The Hall–Kier alpha value is -7.86. The maximum atomic E-state index is 9.70. The lowest BCUT2D eigenvalue weighted by atomic mass is 9.93. The fourth-order valence-electron chi connectivity index (χ4n) is 9.29. The average molecular weight is 1730 g/mol. The molecule has 2 aliphatic carbocycles. The van der Waals surface area contributed by atoms with Crippen molar-refractivity contribution in [3.8, 4) is 0 Å². The number of unbranched alkanes of at least 4 members (excludes halogenated alkanes) is 1. The van der Waals surface area contributed by atoms with Crippen LogP contribution in [0.25, 0.3) is 0 Å².